The predicted octanol–water partition coefficient (Wildman–Crippen LogP) is 2.40. The van der Waals surface area contributed by atoms with E-state index in [1.807, 2.05) is 0 Å². The number of likely N-dealkylation sites (tertiary alicyclic amines) is 1. The first-order valence-corrected chi connectivity index (χ1v) is 11.3. The van der Waals surface area contributed by atoms with Crippen LogP contribution in [0.5, 0.6) is 0 Å². The van der Waals surface area contributed by atoms with Crippen LogP contribution < -0.4 is 16.8 Å². The zero-order valence-corrected chi connectivity index (χ0v) is 18.1. The Morgan fingerprint density at radius 3 is 2.66 bits per heavy atom. The van der Waals surface area contributed by atoms with Gasteiger partial charge in [0.15, 0.2) is 5.78 Å². The summed E-state index contributed by atoms with van der Waals surface area (Å²) in [6.45, 7) is 0.281. The van der Waals surface area contributed by atoms with Gasteiger partial charge in [-0.25, -0.2) is 9.59 Å². The highest BCUT2D eigenvalue weighted by atomic mass is 16.3. The smallest absolute Gasteiger partial charge is 0.323 e. The summed E-state index contributed by atoms with van der Waals surface area (Å²) in [6.07, 6.45) is 6.36. The van der Waals surface area contributed by atoms with Crippen molar-refractivity contribution in [2.75, 3.05) is 11.9 Å². The van der Waals surface area contributed by atoms with Crippen LogP contribution in [0.4, 0.5) is 15.3 Å². The maximum Gasteiger partial charge on any atom is 0.323 e. The van der Waals surface area contributed by atoms with E-state index in [9.17, 15) is 19.5 Å². The Kier molecular flexibility index (Phi) is 6.48. The molecule has 2 heterocycles. The van der Waals surface area contributed by atoms with Crippen LogP contribution in [0.15, 0.2) is 30.5 Å². The Hall–Kier alpha value is -2.91. The molecule has 9 nitrogen and oxygen atoms in total. The molecule has 4 atom stereocenters. The van der Waals surface area contributed by atoms with Crippen LogP contribution in [0.25, 0.3) is 10.9 Å². The largest absolute Gasteiger partial charge is 0.393 e. The number of urea groups is 1. The second-order valence-corrected chi connectivity index (χ2v) is 8.98. The van der Waals surface area contributed by atoms with E-state index >= 15 is 0 Å². The number of primary amides is 1. The van der Waals surface area contributed by atoms with Crippen LogP contribution in [0, 0.1) is 5.92 Å². The fourth-order valence-electron chi connectivity index (χ4n) is 5.07. The fraction of sp³-hybridized carbons (Fsp3) is 0.522. The first-order chi connectivity index (χ1) is 15.3. The molecule has 1 saturated heterocycles. The maximum atomic E-state index is 13.1. The van der Waals surface area contributed by atoms with Crippen LogP contribution in [0.1, 0.15) is 44.9 Å². The zero-order chi connectivity index (χ0) is 22.8. The number of para-hydroxylation sites is 1. The molecule has 2 aliphatic rings. The molecule has 1 aromatic carbocycles. The Labute approximate surface area is 186 Å². The average molecular weight is 442 g/mol. The second-order valence-electron chi connectivity index (χ2n) is 8.98. The van der Waals surface area contributed by atoms with Crippen molar-refractivity contribution in [2.45, 2.75) is 63.1 Å². The fourth-order valence-corrected chi connectivity index (χ4v) is 5.07. The molecule has 2 aromatic rings. The number of aromatic nitrogens is 1. The van der Waals surface area contributed by atoms with Gasteiger partial charge in [-0.3, -0.25) is 9.36 Å². The number of carbonyl (C=O) groups is 3. The highest BCUT2D eigenvalue weighted by Crippen LogP contribution is 2.30. The number of Topliss-reactive ketones (excluding diaryl/α,β-unsaturated/α-hetero) is 1. The van der Waals surface area contributed by atoms with E-state index in [4.69, 9.17) is 11.5 Å². The predicted molar refractivity (Wildman–Crippen MR) is 121 cm³/mol. The number of nitrogens with zero attached hydrogens (tertiary/aromatic N) is 2. The monoisotopic (exact) mass is 441 g/mol. The SMILES string of the molecule is NC(=O)n1cc(NC(=O)N2C[C@@H](N)C[C@H]2C(=O)CC[C@H]2CCCC[C@@H]2O)c2ccccc21. The van der Waals surface area contributed by atoms with Gasteiger partial charge in [0, 0.05) is 30.6 Å². The van der Waals surface area contributed by atoms with Crippen LogP contribution >= 0.6 is 0 Å². The number of ketones is 1. The molecule has 0 unspecified atom stereocenters. The lowest BCUT2D eigenvalue weighted by atomic mass is 9.82. The number of rotatable bonds is 5. The van der Waals surface area contributed by atoms with Gasteiger partial charge in [-0.05, 0) is 37.7 Å². The Morgan fingerprint density at radius 2 is 1.91 bits per heavy atom. The summed E-state index contributed by atoms with van der Waals surface area (Å²) in [4.78, 5) is 39.3. The Bertz CT molecular complexity index is 1020. The minimum absolute atomic E-state index is 0.0227. The quantitative estimate of drug-likeness (QED) is 0.563. The second kappa shape index (κ2) is 9.30. The van der Waals surface area contributed by atoms with Gasteiger partial charge in [0.2, 0.25) is 0 Å². The van der Waals surface area contributed by atoms with Crippen LogP contribution in [-0.2, 0) is 4.79 Å². The molecular formula is C23H31N5O4. The number of nitrogens with one attached hydrogen (secondary N) is 1. The van der Waals surface area contributed by atoms with Crippen molar-refractivity contribution < 1.29 is 19.5 Å². The van der Waals surface area contributed by atoms with Crippen LogP contribution in [-0.4, -0.2) is 57.2 Å². The lowest BCUT2D eigenvalue weighted by Gasteiger charge is -2.28. The third-order valence-electron chi connectivity index (χ3n) is 6.79. The van der Waals surface area contributed by atoms with E-state index < -0.39 is 18.1 Å². The van der Waals surface area contributed by atoms with Crippen molar-refractivity contribution in [1.82, 2.24) is 9.47 Å². The number of nitrogens with two attached hydrogens (primary N) is 2. The molecule has 1 aromatic heterocycles. The third kappa shape index (κ3) is 4.49. The van der Waals surface area contributed by atoms with Crippen molar-refractivity contribution in [1.29, 1.82) is 0 Å². The number of benzene rings is 1. The Balaban J connectivity index is 1.46. The molecule has 172 valence electrons. The zero-order valence-electron chi connectivity index (χ0n) is 18.1. The average Bonchev–Trinajstić information content (AvgIpc) is 3.34. The molecule has 32 heavy (non-hydrogen) atoms. The lowest BCUT2D eigenvalue weighted by molar-refractivity contribution is -0.123. The van der Waals surface area contributed by atoms with Gasteiger partial charge in [0.05, 0.1) is 23.3 Å². The standard InChI is InChI=1S/C23H31N5O4/c24-15-11-19(21(30)10-9-14-5-1-4-8-20(14)29)28(12-15)23(32)26-17-13-27(22(25)31)18-7-3-2-6-16(17)18/h2-3,6-7,13-15,19-20,29H,1,4-5,8-12,24H2,(H2,25,31)(H,26,32)/t14-,15+,19+,20+/m1/s1. The van der Waals surface area contributed by atoms with Gasteiger partial charge in [-0.15, -0.1) is 0 Å². The summed E-state index contributed by atoms with van der Waals surface area (Å²) in [6, 6.07) is 5.18. The van der Waals surface area contributed by atoms with Gasteiger partial charge in [-0.2, -0.15) is 0 Å². The summed E-state index contributed by atoms with van der Waals surface area (Å²) >= 11 is 0. The maximum absolute atomic E-state index is 13.1. The lowest BCUT2D eigenvalue weighted by Crippen LogP contribution is -2.43. The van der Waals surface area contributed by atoms with E-state index in [0.717, 1.165) is 25.7 Å². The van der Waals surface area contributed by atoms with E-state index in [0.29, 0.717) is 35.9 Å². The summed E-state index contributed by atoms with van der Waals surface area (Å²) in [5.41, 5.74) is 12.6. The van der Waals surface area contributed by atoms with Crippen LogP contribution in [0.3, 0.4) is 0 Å². The Morgan fingerprint density at radius 1 is 1.16 bits per heavy atom. The minimum atomic E-state index is -0.650. The minimum Gasteiger partial charge on any atom is -0.393 e. The molecule has 1 saturated carbocycles. The number of hydrogen-bond donors (Lipinski definition) is 4. The topological polar surface area (TPSA) is 144 Å². The van der Waals surface area contributed by atoms with E-state index in [-0.39, 0.29) is 30.4 Å². The van der Waals surface area contributed by atoms with Gasteiger partial charge in [0.1, 0.15) is 0 Å². The highest BCUT2D eigenvalue weighted by Gasteiger charge is 2.38. The third-order valence-corrected chi connectivity index (χ3v) is 6.79. The molecule has 9 heteroatoms. The summed E-state index contributed by atoms with van der Waals surface area (Å²) in [5, 5.41) is 13.7. The molecule has 1 aliphatic heterocycles. The molecule has 2 fully saturated rings. The molecule has 0 spiro atoms. The summed E-state index contributed by atoms with van der Waals surface area (Å²) in [7, 11) is 0. The van der Waals surface area contributed by atoms with E-state index in [1.54, 1.807) is 24.3 Å². The molecule has 4 rings (SSSR count). The number of aliphatic hydroxyl groups is 1. The molecule has 0 radical (unpaired) electrons. The number of aliphatic hydroxyl groups excluding tert-OH is 1. The summed E-state index contributed by atoms with van der Waals surface area (Å²) in [5.74, 6) is 0.121. The van der Waals surface area contributed by atoms with Gasteiger partial charge < -0.3 is 26.8 Å². The number of amides is 3. The number of fused-ring (bicyclic) bond motifs is 1. The van der Waals surface area contributed by atoms with E-state index in [1.165, 1.54) is 15.7 Å². The molecule has 1 aliphatic carbocycles. The first kappa shape index (κ1) is 22.3. The molecule has 3 amide bonds. The first-order valence-electron chi connectivity index (χ1n) is 11.3. The van der Waals surface area contributed by atoms with E-state index in [2.05, 4.69) is 5.32 Å². The van der Waals surface area contributed by atoms with Crippen molar-refractivity contribution in [3.63, 3.8) is 0 Å². The van der Waals surface area contributed by atoms with Crippen LogP contribution in [0.2, 0.25) is 0 Å². The highest BCUT2D eigenvalue weighted by molar-refractivity contribution is 6.05. The number of carbonyl (C=O) groups excluding carboxylic acids is 3. The van der Waals surface area contributed by atoms with Gasteiger partial charge >= 0.3 is 12.1 Å². The van der Waals surface area contributed by atoms with Crippen molar-refractivity contribution >= 4 is 34.4 Å². The van der Waals surface area contributed by atoms with Crippen molar-refractivity contribution in [2.24, 2.45) is 17.4 Å². The van der Waals surface area contributed by atoms with Gasteiger partial charge in [-0.1, -0.05) is 31.0 Å². The molecule has 6 N–H and O–H groups in total. The molecule has 0 bridgehead atoms. The summed E-state index contributed by atoms with van der Waals surface area (Å²) < 4.78 is 1.28. The van der Waals surface area contributed by atoms with Crippen molar-refractivity contribution in [3.05, 3.63) is 30.5 Å². The molecular weight excluding hydrogens is 410 g/mol. The van der Waals surface area contributed by atoms with Crippen molar-refractivity contribution in [3.8, 4) is 0 Å². The normalized spacial score (nSPS) is 25.8. The number of hydrogen-bond acceptors (Lipinski definition) is 5. The number of anilines is 1. The van der Waals surface area contributed by atoms with Gasteiger partial charge in [0.25, 0.3) is 0 Å².